The van der Waals surface area contributed by atoms with Crippen molar-refractivity contribution in [2.75, 3.05) is 44.5 Å². The van der Waals surface area contributed by atoms with Crippen molar-refractivity contribution < 1.29 is 83.2 Å². The number of piperidine rings is 1. The van der Waals surface area contributed by atoms with Crippen LogP contribution in [0.1, 0.15) is 98.8 Å². The molecule has 54 heavy (non-hydrogen) atoms. The molecule has 1 amide bonds. The molecule has 6 nitrogen and oxygen atoms in total. The Labute approximate surface area is 365 Å². The van der Waals surface area contributed by atoms with Gasteiger partial charge in [-0.25, -0.2) is 8.78 Å². The lowest BCUT2D eigenvalue weighted by Crippen LogP contribution is -2.50. The number of hydrogen-bond acceptors (Lipinski definition) is 6. The number of thioether (sulfide) groups is 1. The number of methoxy groups -OCH3 is 1. The zero-order valence-corrected chi connectivity index (χ0v) is 28.0. The van der Waals surface area contributed by atoms with Crippen molar-refractivity contribution in [3.63, 3.8) is 0 Å². The topological polar surface area (TPSA) is 56.3 Å². The molecule has 6 rings (SSSR count). The van der Waals surface area contributed by atoms with Crippen molar-refractivity contribution in [1.82, 2.24) is 9.80 Å². The van der Waals surface area contributed by atoms with Gasteiger partial charge in [0, 0.05) is 78.1 Å². The van der Waals surface area contributed by atoms with E-state index in [1.807, 2.05) is 0 Å². The summed E-state index contributed by atoms with van der Waals surface area (Å²) in [5, 5.41) is 9.93. The first-order valence-corrected chi connectivity index (χ1v) is 15.6. The predicted molar refractivity (Wildman–Crippen MR) is 203 cm³/mol. The molecule has 286 valence electrons. The van der Waals surface area contributed by atoms with Gasteiger partial charge in [0.25, 0.3) is 0 Å². The zero-order valence-electron chi connectivity index (χ0n) is 61.2. The molecule has 0 saturated carbocycles. The number of carbonyl (C=O) groups is 1. The third-order valence-electron chi connectivity index (χ3n) is 7.19. The van der Waals surface area contributed by atoms with Gasteiger partial charge in [0.05, 0.1) is 47.3 Å². The maximum Gasteiger partial charge on any atom is 0.416 e. The molecule has 0 radical (unpaired) electrons. The predicted octanol–water partition coefficient (Wildman–Crippen LogP) is 9.04. The SMILES string of the molecule is [2H]C1=C(SC([2H])([2H])c2c([2H])c([2H])c([2H])c(F)c2F)N(C([2H])([2H])C(=O)N(Cc2c(C)c([2H])c(-c3c([2H])c([2H])c(C(F)(F)F)c([2H])c3[2H])c([2H])c2C)C2([2H])C([2H])([2H])C([2H])([2H])N(C([2H])([2H])C([2H])([2H])OC([2H])([2H])[2H])C([2H])([2H])C2([2H])[2H])c2c([2H])c([2H])c([2H])c([2H])c2C1O. The van der Waals surface area contributed by atoms with Gasteiger partial charge in [0.1, 0.15) is 12.6 Å². The average Bonchev–Trinajstić information content (AvgIpc) is 0.774. The number of alkyl halides is 3. The molecule has 4 aromatic carbocycles. The largest absolute Gasteiger partial charge is 0.416 e. The Balaban J connectivity index is 1.80. The molecule has 0 aromatic heterocycles. The first kappa shape index (κ1) is 15.0. The number of likely N-dealkylation sites (tertiary alicyclic amines) is 1. The highest BCUT2D eigenvalue weighted by molar-refractivity contribution is 8.02. The van der Waals surface area contributed by atoms with E-state index in [9.17, 15) is 30.6 Å². The fraction of sp³-hybridized carbons (Fsp3) is 0.357. The van der Waals surface area contributed by atoms with E-state index in [1.54, 1.807) is 0 Å². The minimum atomic E-state index is -5.55. The number of hydrogen-bond donors (Lipinski definition) is 1. The van der Waals surface area contributed by atoms with Crippen LogP contribution in [0.25, 0.3) is 11.1 Å². The minimum absolute atomic E-state index is 0.445. The fourth-order valence-electron chi connectivity index (χ4n) is 4.65. The monoisotopic (exact) mass is 800 g/mol. The smallest absolute Gasteiger partial charge is 0.384 e. The van der Waals surface area contributed by atoms with E-state index in [0.29, 0.717) is 0 Å². The molecule has 2 heterocycles. The van der Waals surface area contributed by atoms with Crippen LogP contribution in [-0.2, 0) is 28.0 Å². The van der Waals surface area contributed by atoms with Crippen LogP contribution >= 0.6 is 11.8 Å². The Morgan fingerprint density at radius 1 is 1.06 bits per heavy atom. The molecule has 2 aliphatic heterocycles. The molecule has 2 aliphatic rings. The Bertz CT molecular complexity index is 3540. The van der Waals surface area contributed by atoms with Crippen LogP contribution in [0.5, 0.6) is 0 Å². The summed E-state index contributed by atoms with van der Waals surface area (Å²) in [6.45, 7) is -24.7. The molecular formula is C42H44F5N3O3S. The van der Waals surface area contributed by atoms with E-state index in [-0.39, 0.29) is 0 Å². The number of carbonyl (C=O) groups excluding carboxylic acids is 1. The number of rotatable bonds is 12. The summed E-state index contributed by atoms with van der Waals surface area (Å²) in [5.74, 6) is -7.55. The molecular weight excluding hydrogens is 722 g/mol. The van der Waals surface area contributed by atoms with Gasteiger partial charge in [-0.3, -0.25) is 4.79 Å². The van der Waals surface area contributed by atoms with Crippen molar-refractivity contribution >= 4 is 23.4 Å². The second kappa shape index (κ2) is 17.1. The molecule has 1 atom stereocenters. The van der Waals surface area contributed by atoms with Crippen LogP contribution in [0.15, 0.2) is 89.6 Å². The third-order valence-corrected chi connectivity index (χ3v) is 7.99. The lowest BCUT2D eigenvalue weighted by Gasteiger charge is -2.41. The number of para-hydroxylation sites is 1. The highest BCUT2D eigenvalue weighted by atomic mass is 32.2. The Morgan fingerprint density at radius 2 is 1.76 bits per heavy atom. The van der Waals surface area contributed by atoms with Gasteiger partial charge in [-0.15, -0.1) is 11.8 Å². The minimum Gasteiger partial charge on any atom is -0.384 e. The Kier molecular flexibility index (Phi) is 4.75. The van der Waals surface area contributed by atoms with E-state index in [2.05, 4.69) is 4.74 Å². The second-order valence-electron chi connectivity index (χ2n) is 10.6. The maximum atomic E-state index is 16.2. The zero-order chi connectivity index (χ0) is 68.5. The number of ether oxygens (including phenoxy) is 1. The Morgan fingerprint density at radius 3 is 2.44 bits per heavy atom. The third kappa shape index (κ3) is 9.00. The molecule has 1 N–H and O–H groups in total. The summed E-state index contributed by atoms with van der Waals surface area (Å²) in [4.78, 5) is 13.7. The van der Waals surface area contributed by atoms with Crippen molar-refractivity contribution in [3.8, 4) is 11.1 Å². The highest BCUT2D eigenvalue weighted by Crippen LogP contribution is 2.41. The van der Waals surface area contributed by atoms with Crippen LogP contribution in [0.2, 0.25) is 0 Å². The number of nitrogens with zero attached hydrogens (tertiary/aromatic N) is 3. The molecule has 1 fully saturated rings. The van der Waals surface area contributed by atoms with E-state index in [1.165, 1.54) is 0 Å². The molecule has 4 aromatic rings. The number of halogens is 5. The van der Waals surface area contributed by atoms with E-state index in [0.717, 1.165) is 13.8 Å². The van der Waals surface area contributed by atoms with E-state index < -0.39 is 267 Å². The number of benzene rings is 4. The molecule has 12 heteroatoms. The van der Waals surface area contributed by atoms with Crippen LogP contribution in [0, 0.1) is 25.5 Å². The summed E-state index contributed by atoms with van der Waals surface area (Å²) >= 11 is -0.810. The van der Waals surface area contributed by atoms with Gasteiger partial charge in [0.15, 0.2) is 11.6 Å². The van der Waals surface area contributed by atoms with Gasteiger partial charge < -0.3 is 24.5 Å². The lowest BCUT2D eigenvalue weighted by atomic mass is 9.93. The summed E-state index contributed by atoms with van der Waals surface area (Å²) in [5.41, 5.74) is -15.6. The first-order valence-electron chi connectivity index (χ1n) is 31.8. The number of fused-ring (bicyclic) bond motifs is 1. The molecule has 1 saturated heterocycles. The van der Waals surface area contributed by atoms with E-state index in [4.69, 9.17) is 34.3 Å². The molecule has 1 unspecified atom stereocenters. The number of aliphatic hydroxyl groups excluding tert-OH is 1. The van der Waals surface area contributed by atoms with Crippen molar-refractivity contribution in [1.29, 1.82) is 0 Å². The summed E-state index contributed by atoms with van der Waals surface area (Å²) in [6, 6.07) is -26.2. The summed E-state index contributed by atoms with van der Waals surface area (Å²) in [6.07, 6.45) is -18.5. The number of aliphatic hydroxyl groups is 1. The highest BCUT2D eigenvalue weighted by Gasteiger charge is 2.33. The van der Waals surface area contributed by atoms with Crippen molar-refractivity contribution in [2.24, 2.45) is 0 Å². The molecule has 0 aliphatic carbocycles. The molecule has 0 bridgehead atoms. The fourth-order valence-corrected chi connectivity index (χ4v) is 5.39. The standard InChI is InChI=1S/C42H44F5N3O3S/c1-27-21-31(29-11-13-32(14-12-29)42(45,46)47)22-28(2)35(27)24-49(33-15-17-48(18-16-33)19-20-53-3)39(52)25-50-37-10-5-4-8-34(37)38(51)23-40(50)54-26-30-7-6-9-36(43)41(30)44/h4-14,21-23,33,38,51H,15-20,24-26H2,1-3H3/i3D3,4D,5D,6D,7D,8D,9D,10D,11D,12D,13D,14D,15D2,16D2,17D2,18D2,19D2,20D2,21D,22D,23D,25D2,26D2,33D. The average molecular weight is 800 g/mol. The van der Waals surface area contributed by atoms with E-state index >= 15 is 13.6 Å². The van der Waals surface area contributed by atoms with Crippen LogP contribution < -0.4 is 4.90 Å². The number of anilines is 1. The number of amides is 1. The van der Waals surface area contributed by atoms with Crippen LogP contribution in [0.3, 0.4) is 0 Å². The van der Waals surface area contributed by atoms with Gasteiger partial charge in [0.2, 0.25) is 5.91 Å². The lowest BCUT2D eigenvalue weighted by molar-refractivity contribution is -0.137. The van der Waals surface area contributed by atoms with Crippen molar-refractivity contribution in [3.05, 3.63) is 135 Å². The van der Waals surface area contributed by atoms with Crippen molar-refractivity contribution in [2.45, 2.75) is 57.1 Å². The van der Waals surface area contributed by atoms with Gasteiger partial charge in [-0.05, 0) is 84.6 Å². The summed E-state index contributed by atoms with van der Waals surface area (Å²) < 4.78 is 374. The second-order valence-corrected chi connectivity index (χ2v) is 11.4. The normalized spacial score (nSPS) is 31.6. The summed E-state index contributed by atoms with van der Waals surface area (Å²) in [7, 11) is -4.03. The van der Waals surface area contributed by atoms with Gasteiger partial charge >= 0.3 is 6.18 Å². The van der Waals surface area contributed by atoms with Gasteiger partial charge in [-0.2, -0.15) is 13.2 Å². The van der Waals surface area contributed by atoms with Gasteiger partial charge in [-0.1, -0.05) is 54.4 Å². The molecule has 0 spiro atoms. The maximum absolute atomic E-state index is 16.2. The van der Waals surface area contributed by atoms with Crippen LogP contribution in [0.4, 0.5) is 27.6 Å². The van der Waals surface area contributed by atoms with Crippen LogP contribution in [-0.4, -0.2) is 66.4 Å². The first-order chi connectivity index (χ1) is 39.2. The Hall–Kier alpha value is -4.23. The quantitative estimate of drug-likeness (QED) is 0.145.